The van der Waals surface area contributed by atoms with Crippen LogP contribution in [0.15, 0.2) is 64.3 Å². The molecule has 198 valence electrons. The van der Waals surface area contributed by atoms with E-state index in [9.17, 15) is 19.5 Å². The topological polar surface area (TPSA) is 103 Å². The molecule has 2 aromatic carbocycles. The number of methoxy groups -OCH3 is 1. The van der Waals surface area contributed by atoms with Gasteiger partial charge in [-0.05, 0) is 41.9 Å². The molecule has 0 saturated carbocycles. The molecule has 2 atom stereocenters. The van der Waals surface area contributed by atoms with Gasteiger partial charge in [-0.1, -0.05) is 43.6 Å². The van der Waals surface area contributed by atoms with Gasteiger partial charge in [0.1, 0.15) is 6.61 Å². The Hall–Kier alpha value is -3.56. The number of ether oxygens (including phenoxy) is 2. The third kappa shape index (κ3) is 6.81. The van der Waals surface area contributed by atoms with E-state index >= 15 is 0 Å². The van der Waals surface area contributed by atoms with Crippen LogP contribution in [0.4, 0.5) is 0 Å². The lowest BCUT2D eigenvalue weighted by Crippen LogP contribution is -2.39. The molecule has 0 spiro atoms. The number of carboxylic acid groups (broad SMARTS) is 1. The molecule has 0 aliphatic heterocycles. The van der Waals surface area contributed by atoms with Crippen LogP contribution in [0.3, 0.4) is 0 Å². The summed E-state index contributed by atoms with van der Waals surface area (Å²) in [5.41, 5.74) is 0.981. The molecule has 1 heterocycles. The minimum atomic E-state index is -0.882. The summed E-state index contributed by atoms with van der Waals surface area (Å²) in [6.07, 6.45) is 1.43. The fraction of sp³-hybridized carbons (Fsp3) is 0.370. The number of aliphatic carboxylic acids is 1. The van der Waals surface area contributed by atoms with Crippen LogP contribution in [0.1, 0.15) is 31.0 Å². The van der Waals surface area contributed by atoms with Crippen molar-refractivity contribution in [2.24, 2.45) is 13.0 Å². The Bertz CT molecular complexity index is 1340. The van der Waals surface area contributed by atoms with E-state index in [0.29, 0.717) is 29.6 Å². The molecule has 3 aromatic rings. The summed E-state index contributed by atoms with van der Waals surface area (Å²) in [6, 6.07) is 13.7. The summed E-state index contributed by atoms with van der Waals surface area (Å²) >= 11 is 6.05. The van der Waals surface area contributed by atoms with Gasteiger partial charge in [0.2, 0.25) is 0 Å². The van der Waals surface area contributed by atoms with Crippen molar-refractivity contribution in [3.05, 3.63) is 91.7 Å². The summed E-state index contributed by atoms with van der Waals surface area (Å²) in [4.78, 5) is 38.2. The molecule has 10 heteroatoms. The second kappa shape index (κ2) is 12.6. The van der Waals surface area contributed by atoms with Crippen molar-refractivity contribution in [2.45, 2.75) is 33.0 Å². The number of aromatic nitrogens is 2. The highest BCUT2D eigenvalue weighted by atomic mass is 35.5. The summed E-state index contributed by atoms with van der Waals surface area (Å²) < 4.78 is 13.8. The number of rotatable bonds is 12. The second-order valence-electron chi connectivity index (χ2n) is 8.72. The van der Waals surface area contributed by atoms with Crippen LogP contribution >= 0.6 is 11.6 Å². The normalized spacial score (nSPS) is 12.8. The van der Waals surface area contributed by atoms with E-state index < -0.39 is 17.6 Å². The van der Waals surface area contributed by atoms with Crippen molar-refractivity contribution in [3.8, 4) is 11.5 Å². The fourth-order valence-electron chi connectivity index (χ4n) is 4.25. The summed E-state index contributed by atoms with van der Waals surface area (Å²) in [7, 11) is 3.11. The monoisotopic (exact) mass is 529 g/mol. The smallest absolute Gasteiger partial charge is 0.330 e. The SMILES string of the molecule is CCN(Cc1ccc(OCCn2c(=O)ccn(C)c2=O)c(OC)c1)C(c1ccc(Cl)cc1)C(C)C(=O)O. The Morgan fingerprint density at radius 2 is 1.81 bits per heavy atom. The number of halogens is 1. The van der Waals surface area contributed by atoms with Gasteiger partial charge in [-0.2, -0.15) is 0 Å². The summed E-state index contributed by atoms with van der Waals surface area (Å²) in [6.45, 7) is 4.98. The zero-order valence-electron chi connectivity index (χ0n) is 21.4. The van der Waals surface area contributed by atoms with E-state index in [0.717, 1.165) is 15.7 Å². The quantitative estimate of drug-likeness (QED) is 0.382. The number of carbonyl (C=O) groups is 1. The Kier molecular flexibility index (Phi) is 9.54. The molecular formula is C27H32ClN3O6. The van der Waals surface area contributed by atoms with E-state index in [1.165, 1.54) is 23.9 Å². The summed E-state index contributed by atoms with van der Waals surface area (Å²) in [5.74, 6) is -0.564. The van der Waals surface area contributed by atoms with Crippen LogP contribution in [0.5, 0.6) is 11.5 Å². The molecule has 0 fully saturated rings. The molecule has 0 saturated heterocycles. The number of hydrogen-bond acceptors (Lipinski definition) is 6. The van der Waals surface area contributed by atoms with Crippen LogP contribution in [0, 0.1) is 5.92 Å². The van der Waals surface area contributed by atoms with E-state index in [4.69, 9.17) is 21.1 Å². The lowest BCUT2D eigenvalue weighted by Gasteiger charge is -2.34. The Balaban J connectivity index is 1.79. The van der Waals surface area contributed by atoms with Crippen molar-refractivity contribution >= 4 is 17.6 Å². The fourth-order valence-corrected chi connectivity index (χ4v) is 4.37. The molecule has 1 N–H and O–H groups in total. The van der Waals surface area contributed by atoms with Gasteiger partial charge in [0.05, 0.1) is 19.6 Å². The molecule has 2 unspecified atom stereocenters. The van der Waals surface area contributed by atoms with Crippen molar-refractivity contribution < 1.29 is 19.4 Å². The van der Waals surface area contributed by atoms with Gasteiger partial charge in [0, 0.05) is 36.9 Å². The van der Waals surface area contributed by atoms with E-state index in [1.54, 1.807) is 32.2 Å². The van der Waals surface area contributed by atoms with Crippen LogP contribution in [0.25, 0.3) is 0 Å². The largest absolute Gasteiger partial charge is 0.493 e. The van der Waals surface area contributed by atoms with Gasteiger partial charge in [-0.3, -0.25) is 19.1 Å². The zero-order valence-corrected chi connectivity index (χ0v) is 22.1. The third-order valence-corrected chi connectivity index (χ3v) is 6.55. The lowest BCUT2D eigenvalue weighted by molar-refractivity contribution is -0.143. The van der Waals surface area contributed by atoms with Crippen LogP contribution in [0.2, 0.25) is 5.02 Å². The highest BCUT2D eigenvalue weighted by molar-refractivity contribution is 6.30. The number of aryl methyl sites for hydroxylation is 1. The first-order chi connectivity index (χ1) is 17.7. The van der Waals surface area contributed by atoms with Crippen molar-refractivity contribution in [1.82, 2.24) is 14.0 Å². The van der Waals surface area contributed by atoms with Crippen molar-refractivity contribution in [1.29, 1.82) is 0 Å². The van der Waals surface area contributed by atoms with Gasteiger partial charge in [0.25, 0.3) is 5.56 Å². The number of carboxylic acids is 1. The maximum Gasteiger partial charge on any atom is 0.330 e. The lowest BCUT2D eigenvalue weighted by atomic mass is 9.92. The molecule has 37 heavy (non-hydrogen) atoms. The average molecular weight is 530 g/mol. The molecular weight excluding hydrogens is 498 g/mol. The molecule has 0 bridgehead atoms. The Labute approximate surface area is 220 Å². The van der Waals surface area contributed by atoms with Crippen LogP contribution in [-0.4, -0.2) is 45.4 Å². The molecule has 0 amide bonds. The maximum absolute atomic E-state index is 12.2. The Morgan fingerprint density at radius 3 is 2.43 bits per heavy atom. The molecule has 9 nitrogen and oxygen atoms in total. The second-order valence-corrected chi connectivity index (χ2v) is 9.16. The minimum absolute atomic E-state index is 0.0940. The third-order valence-electron chi connectivity index (χ3n) is 6.30. The molecule has 0 radical (unpaired) electrons. The van der Waals surface area contributed by atoms with Gasteiger partial charge >= 0.3 is 11.7 Å². The van der Waals surface area contributed by atoms with E-state index in [1.807, 2.05) is 31.2 Å². The standard InChI is InChI=1S/C27H32ClN3O6/c1-5-30(25(18(2)26(33)34)20-7-9-21(28)10-8-20)17-19-6-11-22(23(16-19)36-4)37-15-14-31-24(32)12-13-29(3)27(31)35/h6-13,16,18,25H,5,14-15,17H2,1-4H3,(H,33,34). The molecule has 0 aliphatic rings. The van der Waals surface area contributed by atoms with Crippen molar-refractivity contribution in [3.63, 3.8) is 0 Å². The average Bonchev–Trinajstić information content (AvgIpc) is 2.89. The first kappa shape index (κ1) is 28.0. The first-order valence-corrected chi connectivity index (χ1v) is 12.3. The van der Waals surface area contributed by atoms with E-state index in [-0.39, 0.29) is 24.8 Å². The highest BCUT2D eigenvalue weighted by Crippen LogP contribution is 2.33. The zero-order chi connectivity index (χ0) is 27.1. The predicted molar refractivity (Wildman–Crippen MR) is 142 cm³/mol. The maximum atomic E-state index is 12.2. The first-order valence-electron chi connectivity index (χ1n) is 11.9. The van der Waals surface area contributed by atoms with Crippen LogP contribution in [-0.2, 0) is 24.9 Å². The highest BCUT2D eigenvalue weighted by Gasteiger charge is 2.30. The molecule has 0 aliphatic carbocycles. The predicted octanol–water partition coefficient (Wildman–Crippen LogP) is 3.57. The number of hydrogen-bond donors (Lipinski definition) is 1. The molecule has 3 rings (SSSR count). The van der Waals surface area contributed by atoms with Gasteiger partial charge in [-0.15, -0.1) is 0 Å². The van der Waals surface area contributed by atoms with E-state index in [2.05, 4.69) is 4.90 Å². The Morgan fingerprint density at radius 1 is 1.11 bits per heavy atom. The number of nitrogens with zero attached hydrogens (tertiary/aromatic N) is 3. The number of benzene rings is 2. The van der Waals surface area contributed by atoms with Gasteiger partial charge in [0.15, 0.2) is 11.5 Å². The van der Waals surface area contributed by atoms with Gasteiger partial charge < -0.3 is 19.1 Å². The minimum Gasteiger partial charge on any atom is -0.493 e. The van der Waals surface area contributed by atoms with Crippen molar-refractivity contribution in [2.75, 3.05) is 20.3 Å². The van der Waals surface area contributed by atoms with Crippen LogP contribution < -0.4 is 20.7 Å². The van der Waals surface area contributed by atoms with Gasteiger partial charge in [-0.25, -0.2) is 4.79 Å². The molecule has 1 aromatic heterocycles. The summed E-state index contributed by atoms with van der Waals surface area (Å²) in [5, 5.41) is 10.4.